The van der Waals surface area contributed by atoms with Crippen LogP contribution in [0.2, 0.25) is 0 Å². The molecule has 13 aromatic carbocycles. The zero-order chi connectivity index (χ0) is 48.0. The van der Waals surface area contributed by atoms with E-state index >= 15 is 0 Å². The van der Waals surface area contributed by atoms with Crippen LogP contribution >= 0.6 is 0 Å². The van der Waals surface area contributed by atoms with Crippen molar-refractivity contribution in [3.05, 3.63) is 278 Å². The molecule has 14 rings (SSSR count). The molecule has 1 aliphatic carbocycles. The lowest BCUT2D eigenvalue weighted by atomic mass is 9.80. The summed E-state index contributed by atoms with van der Waals surface area (Å²) in [5, 5.41) is 15.9. The lowest BCUT2D eigenvalue weighted by Crippen LogP contribution is -2.74. The number of hydrogen-bond donors (Lipinski definition) is 0. The maximum atomic E-state index is 2.49. The predicted molar refractivity (Wildman–Crippen MR) is 311 cm³/mol. The van der Waals surface area contributed by atoms with Crippen molar-refractivity contribution in [2.45, 2.75) is 19.3 Å². The van der Waals surface area contributed by atoms with Crippen LogP contribution in [0.4, 0.5) is 0 Å². The van der Waals surface area contributed by atoms with Crippen molar-refractivity contribution in [2.75, 3.05) is 0 Å². The van der Waals surface area contributed by atoms with Crippen LogP contribution in [-0.2, 0) is 5.41 Å². The average Bonchev–Trinajstić information content (AvgIpc) is 3.67. The third kappa shape index (κ3) is 6.51. The van der Waals surface area contributed by atoms with Crippen LogP contribution in [0, 0.1) is 0 Å². The molecule has 0 unspecified atom stereocenters. The van der Waals surface area contributed by atoms with Gasteiger partial charge in [0.05, 0.1) is 0 Å². The van der Waals surface area contributed by atoms with Crippen molar-refractivity contribution >= 4 is 71.9 Å². The Labute approximate surface area is 422 Å². The van der Waals surface area contributed by atoms with Gasteiger partial charge in [-0.1, -0.05) is 250 Å². The molecule has 0 nitrogen and oxygen atoms in total. The summed E-state index contributed by atoms with van der Waals surface area (Å²) in [6.45, 7) is 4.83. The summed E-state index contributed by atoms with van der Waals surface area (Å²) in [5.41, 5.74) is 15.0. The summed E-state index contributed by atoms with van der Waals surface area (Å²) < 4.78 is 0. The van der Waals surface area contributed by atoms with Crippen LogP contribution in [0.3, 0.4) is 0 Å². The van der Waals surface area contributed by atoms with Crippen LogP contribution in [0.25, 0.3) is 98.7 Å². The Morgan fingerprint density at radius 2 is 0.681 bits per heavy atom. The fraction of sp³-hybridized carbons (Fsp3) is 0.0423. The molecule has 0 radical (unpaired) electrons. The van der Waals surface area contributed by atoms with Crippen molar-refractivity contribution in [1.29, 1.82) is 0 Å². The van der Waals surface area contributed by atoms with E-state index in [1.165, 1.54) is 131 Å². The second-order valence-electron chi connectivity index (χ2n) is 20.4. The van der Waals surface area contributed by atoms with E-state index in [1.807, 2.05) is 0 Å². The van der Waals surface area contributed by atoms with E-state index in [0.29, 0.717) is 0 Å². The third-order valence-corrected chi connectivity index (χ3v) is 21.0. The highest BCUT2D eigenvalue weighted by Gasteiger charge is 2.41. The van der Waals surface area contributed by atoms with E-state index in [4.69, 9.17) is 0 Å². The minimum absolute atomic E-state index is 0.209. The zero-order valence-electron chi connectivity index (χ0n) is 40.4. The minimum Gasteiger partial charge on any atom is -0.0623 e. The Bertz CT molecular complexity index is 4090. The first-order valence-corrected chi connectivity index (χ1v) is 27.3. The molecule has 0 atom stereocenters. The van der Waals surface area contributed by atoms with E-state index < -0.39 is 8.07 Å². The fourth-order valence-electron chi connectivity index (χ4n) is 12.6. The lowest BCUT2D eigenvalue weighted by Gasteiger charge is -2.34. The van der Waals surface area contributed by atoms with Gasteiger partial charge in [0.1, 0.15) is 0 Å². The quantitative estimate of drug-likeness (QED) is 0.0809. The molecule has 0 heterocycles. The topological polar surface area (TPSA) is 0 Å². The summed E-state index contributed by atoms with van der Waals surface area (Å²) in [6.07, 6.45) is 0. The molecule has 1 aliphatic rings. The van der Waals surface area contributed by atoms with Crippen LogP contribution in [-0.4, -0.2) is 8.07 Å². The molecule has 0 aliphatic heterocycles. The molecule has 0 amide bonds. The standard InChI is InChI=1S/C71H50Si/c1-71(2)67-45-52(34-39-64(67)65-40-35-53(46-68(65)71)63-38-32-51-29-28-49-18-14-19-50-33-41-66(63)70(51)69(49)50)55-42-54(43-56(44-55)62-27-15-17-48-16-12-13-26-61(48)62)47-30-36-60(37-31-47)72(57-20-6-3-7-21-57,58-22-8-4-9-23-58)59-24-10-5-11-25-59/h3-46H,1-2H3. The van der Waals surface area contributed by atoms with Gasteiger partial charge in [0.25, 0.3) is 0 Å². The summed E-state index contributed by atoms with van der Waals surface area (Å²) in [5.74, 6) is 0. The molecule has 0 spiro atoms. The number of fused-ring (bicyclic) bond motifs is 4. The summed E-state index contributed by atoms with van der Waals surface area (Å²) in [6, 6.07) is 101. The Hall–Kier alpha value is -8.62. The van der Waals surface area contributed by atoms with Gasteiger partial charge >= 0.3 is 0 Å². The molecule has 0 N–H and O–H groups in total. The SMILES string of the molecule is CC1(C)c2cc(-c3cc(-c4ccc([Si](c5ccccc5)(c5ccccc5)c5ccccc5)cc4)cc(-c4cccc5ccccc45)c3)ccc2-c2ccc(-c3ccc4ccc5cccc6ccc3c4c56)cc21. The number of rotatable bonds is 8. The average molecular weight is 931 g/mol. The van der Waals surface area contributed by atoms with E-state index in [9.17, 15) is 0 Å². The molecule has 72 heavy (non-hydrogen) atoms. The number of benzene rings is 13. The van der Waals surface area contributed by atoms with Gasteiger partial charge < -0.3 is 0 Å². The summed E-state index contributed by atoms with van der Waals surface area (Å²) >= 11 is 0. The maximum Gasteiger partial charge on any atom is 0.179 e. The van der Waals surface area contributed by atoms with Crippen molar-refractivity contribution in [3.8, 4) is 55.6 Å². The molecule has 0 aromatic heterocycles. The zero-order valence-corrected chi connectivity index (χ0v) is 41.4. The van der Waals surface area contributed by atoms with Gasteiger partial charge in [-0.05, 0) is 161 Å². The van der Waals surface area contributed by atoms with Crippen LogP contribution in [0.1, 0.15) is 25.0 Å². The maximum absolute atomic E-state index is 2.68. The van der Waals surface area contributed by atoms with E-state index in [-0.39, 0.29) is 5.41 Å². The molecular formula is C71H50Si. The summed E-state index contributed by atoms with van der Waals surface area (Å²) in [7, 11) is -2.68. The van der Waals surface area contributed by atoms with Gasteiger partial charge in [-0.15, -0.1) is 0 Å². The molecule has 0 saturated carbocycles. The largest absolute Gasteiger partial charge is 0.179 e. The Morgan fingerprint density at radius 3 is 1.33 bits per heavy atom. The van der Waals surface area contributed by atoms with Gasteiger partial charge in [0, 0.05) is 5.41 Å². The Morgan fingerprint density at radius 1 is 0.250 bits per heavy atom. The van der Waals surface area contributed by atoms with E-state index in [2.05, 4.69) is 281 Å². The van der Waals surface area contributed by atoms with Gasteiger partial charge in [0.15, 0.2) is 8.07 Å². The van der Waals surface area contributed by atoms with Crippen LogP contribution in [0.5, 0.6) is 0 Å². The highest BCUT2D eigenvalue weighted by atomic mass is 28.3. The first-order valence-electron chi connectivity index (χ1n) is 25.3. The highest BCUT2D eigenvalue weighted by molar-refractivity contribution is 7.19. The number of hydrogen-bond acceptors (Lipinski definition) is 0. The smallest absolute Gasteiger partial charge is 0.0623 e. The molecule has 13 aromatic rings. The van der Waals surface area contributed by atoms with Gasteiger partial charge in [-0.3, -0.25) is 0 Å². The first-order chi connectivity index (χ1) is 35.4. The summed E-state index contributed by atoms with van der Waals surface area (Å²) in [4.78, 5) is 0. The monoisotopic (exact) mass is 930 g/mol. The molecular weight excluding hydrogens is 881 g/mol. The van der Waals surface area contributed by atoms with E-state index in [0.717, 1.165) is 0 Å². The second kappa shape index (κ2) is 16.5. The highest BCUT2D eigenvalue weighted by Crippen LogP contribution is 2.52. The van der Waals surface area contributed by atoms with Crippen molar-refractivity contribution in [3.63, 3.8) is 0 Å². The predicted octanol–water partition coefficient (Wildman–Crippen LogP) is 16.1. The van der Waals surface area contributed by atoms with Gasteiger partial charge in [-0.2, -0.15) is 0 Å². The minimum atomic E-state index is -2.68. The van der Waals surface area contributed by atoms with Crippen molar-refractivity contribution in [2.24, 2.45) is 0 Å². The second-order valence-corrected chi connectivity index (χ2v) is 24.2. The molecule has 1 heteroatoms. The molecule has 0 fully saturated rings. The van der Waals surface area contributed by atoms with E-state index in [1.54, 1.807) is 0 Å². The lowest BCUT2D eigenvalue weighted by molar-refractivity contribution is 0.661. The van der Waals surface area contributed by atoms with Crippen LogP contribution < -0.4 is 20.7 Å². The van der Waals surface area contributed by atoms with Crippen molar-refractivity contribution in [1.82, 2.24) is 0 Å². The Balaban J connectivity index is 0.895. The van der Waals surface area contributed by atoms with Gasteiger partial charge in [0.2, 0.25) is 0 Å². The Kier molecular flexibility index (Phi) is 9.68. The molecule has 338 valence electrons. The van der Waals surface area contributed by atoms with Gasteiger partial charge in [-0.25, -0.2) is 0 Å². The fourth-order valence-corrected chi connectivity index (χ4v) is 17.4. The molecule has 0 saturated heterocycles. The molecule has 0 bridgehead atoms. The van der Waals surface area contributed by atoms with Crippen molar-refractivity contribution < 1.29 is 0 Å². The third-order valence-electron chi connectivity index (χ3n) is 16.2. The van der Waals surface area contributed by atoms with Crippen LogP contribution in [0.15, 0.2) is 267 Å². The normalized spacial score (nSPS) is 13.0. The first kappa shape index (κ1) is 42.3.